The number of hydrogen-bond donors (Lipinski definition) is 8. The highest BCUT2D eigenvalue weighted by atomic mass is 32.2. The zero-order chi connectivity index (χ0) is 53.2. The Balaban J connectivity index is 1.23. The monoisotopic (exact) mass is 1040 g/mol. The Morgan fingerprint density at radius 1 is 0.653 bits per heavy atom. The van der Waals surface area contributed by atoms with E-state index in [4.69, 9.17) is 5.73 Å². The molecule has 3 aromatic rings. The summed E-state index contributed by atoms with van der Waals surface area (Å²) < 4.78 is 61.9. The molecule has 2 fully saturated rings. The van der Waals surface area contributed by atoms with Crippen molar-refractivity contribution in [3.63, 3.8) is 0 Å². The normalized spacial score (nSPS) is 22.3. The van der Waals surface area contributed by atoms with Crippen LogP contribution in [0.15, 0.2) is 70.5 Å². The van der Waals surface area contributed by atoms with Crippen LogP contribution in [0.25, 0.3) is 10.8 Å². The van der Waals surface area contributed by atoms with Crippen LogP contribution in [0.2, 0.25) is 0 Å². The number of carbonyl (C=O) groups is 6. The highest BCUT2D eigenvalue weighted by Gasteiger charge is 2.48. The molecule has 394 valence electrons. The number of carbonyl (C=O) groups excluding carboxylic acids is 6. The largest absolute Gasteiger partial charge is 0.368 e. The third-order valence-electron chi connectivity index (χ3n) is 14.0. The number of sulfonamides is 2. The minimum absolute atomic E-state index is 0.0770. The van der Waals surface area contributed by atoms with Crippen LogP contribution in [0.4, 0.5) is 0 Å². The number of nitrogens with one attached hydrogen (secondary N) is 7. The maximum absolute atomic E-state index is 14.6. The van der Waals surface area contributed by atoms with E-state index < -0.39 is 115 Å². The third kappa shape index (κ3) is 12.6. The number of likely N-dealkylation sites (tertiary alicyclic amines) is 2. The van der Waals surface area contributed by atoms with Crippen LogP contribution < -0.4 is 41.8 Å². The van der Waals surface area contributed by atoms with E-state index in [-0.39, 0.29) is 47.2 Å². The van der Waals surface area contributed by atoms with E-state index in [2.05, 4.69) is 36.0 Å². The highest BCUT2D eigenvalue weighted by molar-refractivity contribution is 7.89. The summed E-state index contributed by atoms with van der Waals surface area (Å²) in [5.74, 6) is -3.32. The molecule has 2 aliphatic heterocycles. The molecular formula is C50H72N10O10S2. The molecule has 3 aromatic carbocycles. The van der Waals surface area contributed by atoms with Crippen LogP contribution in [0.1, 0.15) is 98.2 Å². The SMILES string of the molecule is CN[C@@H](C)C(=O)N[C@H](C(=O)N1C[C@@H](NS(=O)(=O)c2ccc3ccc(S(=O)(=O)N[C@H]4C[C@@H](C(=O)N[C@@H]5CCCc6ccccc65)N(C(=O)[C@@H](NC(=O)[C@H](C)NC)C(C)(C)C)C4)cc3c2)C[C@H]1C(N)=O)C(C)(C)C. The van der Waals surface area contributed by atoms with Gasteiger partial charge in [0, 0.05) is 25.2 Å². The Morgan fingerprint density at radius 2 is 1.11 bits per heavy atom. The van der Waals surface area contributed by atoms with Gasteiger partial charge in [-0.3, -0.25) is 28.8 Å². The van der Waals surface area contributed by atoms with E-state index in [9.17, 15) is 45.6 Å². The van der Waals surface area contributed by atoms with Gasteiger partial charge in [0.25, 0.3) is 0 Å². The Morgan fingerprint density at radius 3 is 1.57 bits per heavy atom. The van der Waals surface area contributed by atoms with E-state index in [0.29, 0.717) is 11.8 Å². The second-order valence-corrected chi connectivity index (χ2v) is 24.9. The fraction of sp³-hybridized carbons (Fsp3) is 0.560. The standard InChI is InChI=1S/C50H72N10O10S2/c1-28(52-9)44(62)55-41(49(3,4)5)47(65)59-26-33(24-39(59)43(51)61)57-71(67,68)35-20-18-30-19-21-36(23-32(30)22-35)72(69,70)58-34-25-40(46(64)54-38-17-13-15-31-14-11-12-16-37(31)38)60(27-34)48(66)42(50(6,7)8)56-45(63)29(2)53-10/h11-12,14,16,18-23,28-29,33-34,38-42,52-53,57-58H,13,15,17,24-27H2,1-10H3,(H2,51,61)(H,54,64)(H,55,62)(H,56,63)/t28-,29-,33-,34-,38+,39-,40-,41+,42+/m0/s1. The number of nitrogens with zero attached hydrogens (tertiary/aromatic N) is 2. The van der Waals surface area contributed by atoms with Crippen LogP contribution >= 0.6 is 0 Å². The first-order chi connectivity index (χ1) is 33.6. The lowest BCUT2D eigenvalue weighted by molar-refractivity contribution is -0.144. The molecule has 22 heteroatoms. The molecule has 6 rings (SSSR count). The minimum Gasteiger partial charge on any atom is -0.368 e. The fourth-order valence-electron chi connectivity index (χ4n) is 9.56. The Kier molecular flexibility index (Phi) is 17.0. The molecule has 0 spiro atoms. The van der Waals surface area contributed by atoms with E-state index >= 15 is 0 Å². The summed E-state index contributed by atoms with van der Waals surface area (Å²) in [5, 5.41) is 15.2. The first-order valence-corrected chi connectivity index (χ1v) is 27.3. The van der Waals surface area contributed by atoms with Crippen LogP contribution in [0, 0.1) is 10.8 Å². The average molecular weight is 1040 g/mol. The van der Waals surface area contributed by atoms with Crippen LogP contribution in [0.5, 0.6) is 0 Å². The molecule has 2 saturated heterocycles. The molecule has 6 amide bonds. The van der Waals surface area contributed by atoms with Gasteiger partial charge in [-0.25, -0.2) is 26.3 Å². The van der Waals surface area contributed by atoms with Crippen molar-refractivity contribution in [1.29, 1.82) is 0 Å². The number of amides is 6. The van der Waals surface area contributed by atoms with Gasteiger partial charge in [-0.15, -0.1) is 0 Å². The van der Waals surface area contributed by atoms with Gasteiger partial charge >= 0.3 is 0 Å². The summed E-state index contributed by atoms with van der Waals surface area (Å²) in [6, 6.07) is 8.32. The van der Waals surface area contributed by atoms with Crippen molar-refractivity contribution in [3.05, 3.63) is 71.8 Å². The molecule has 20 nitrogen and oxygen atoms in total. The van der Waals surface area contributed by atoms with Gasteiger partial charge in [0.1, 0.15) is 24.2 Å². The van der Waals surface area contributed by atoms with Gasteiger partial charge in [0.15, 0.2) is 0 Å². The molecule has 3 aliphatic rings. The number of primary amides is 1. The van der Waals surface area contributed by atoms with Crippen LogP contribution in [0.3, 0.4) is 0 Å². The van der Waals surface area contributed by atoms with Gasteiger partial charge in [-0.05, 0) is 117 Å². The van der Waals surface area contributed by atoms with Crippen LogP contribution in [-0.4, -0.2) is 138 Å². The van der Waals surface area contributed by atoms with Crippen molar-refractivity contribution in [3.8, 4) is 0 Å². The first kappa shape index (κ1) is 55.8. The lowest BCUT2D eigenvalue weighted by Crippen LogP contribution is -2.59. The summed E-state index contributed by atoms with van der Waals surface area (Å²) in [6.07, 6.45) is 2.17. The van der Waals surface area contributed by atoms with Crippen molar-refractivity contribution in [2.45, 2.75) is 152 Å². The number of aryl methyl sites for hydroxylation is 1. The third-order valence-corrected chi connectivity index (χ3v) is 17.0. The summed E-state index contributed by atoms with van der Waals surface area (Å²) in [6.45, 7) is 13.5. The number of hydrogen-bond acceptors (Lipinski definition) is 12. The van der Waals surface area contributed by atoms with Gasteiger partial charge in [-0.2, -0.15) is 0 Å². The first-order valence-electron chi connectivity index (χ1n) is 24.4. The molecule has 1 aliphatic carbocycles. The topological polar surface area (TPSA) is 287 Å². The molecule has 9 atom stereocenters. The molecule has 0 aromatic heterocycles. The second kappa shape index (κ2) is 21.9. The number of benzene rings is 3. The van der Waals surface area contributed by atoms with Gasteiger partial charge in [0.05, 0.1) is 27.9 Å². The predicted octanol–water partition coefficient (Wildman–Crippen LogP) is 1.29. The number of nitrogens with two attached hydrogens (primary N) is 1. The Labute approximate surface area is 423 Å². The minimum atomic E-state index is -4.38. The summed E-state index contributed by atoms with van der Waals surface area (Å²) in [7, 11) is -5.53. The summed E-state index contributed by atoms with van der Waals surface area (Å²) in [5.41, 5.74) is 6.23. The Bertz CT molecular complexity index is 2800. The quantitative estimate of drug-likeness (QED) is 0.0950. The predicted molar refractivity (Wildman–Crippen MR) is 272 cm³/mol. The lowest BCUT2D eigenvalue weighted by Gasteiger charge is -2.36. The van der Waals surface area contributed by atoms with E-state index in [0.717, 1.165) is 24.0 Å². The van der Waals surface area contributed by atoms with Gasteiger partial charge in [-0.1, -0.05) is 77.9 Å². The van der Waals surface area contributed by atoms with Crippen molar-refractivity contribution in [2.75, 3.05) is 27.2 Å². The molecule has 2 heterocycles. The highest BCUT2D eigenvalue weighted by Crippen LogP contribution is 2.33. The molecule has 9 N–H and O–H groups in total. The zero-order valence-corrected chi connectivity index (χ0v) is 44.4. The number of likely N-dealkylation sites (N-methyl/N-ethyl adjacent to an activating group) is 2. The van der Waals surface area contributed by atoms with Gasteiger partial charge in [0.2, 0.25) is 55.5 Å². The molecule has 0 unspecified atom stereocenters. The molecule has 0 bridgehead atoms. The summed E-state index contributed by atoms with van der Waals surface area (Å²) >= 11 is 0. The molecular weight excluding hydrogens is 965 g/mol. The van der Waals surface area contributed by atoms with E-state index in [1.807, 2.05) is 24.3 Å². The van der Waals surface area contributed by atoms with E-state index in [1.165, 1.54) is 46.2 Å². The zero-order valence-electron chi connectivity index (χ0n) is 42.8. The summed E-state index contributed by atoms with van der Waals surface area (Å²) in [4.78, 5) is 83.9. The number of rotatable bonds is 17. The molecule has 72 heavy (non-hydrogen) atoms. The lowest BCUT2D eigenvalue weighted by atomic mass is 9.85. The van der Waals surface area contributed by atoms with Crippen molar-refractivity contribution in [2.24, 2.45) is 16.6 Å². The molecule has 0 saturated carbocycles. The van der Waals surface area contributed by atoms with Gasteiger partial charge < -0.3 is 42.1 Å². The van der Waals surface area contributed by atoms with Crippen LogP contribution in [-0.2, 0) is 55.2 Å². The Hall–Kier alpha value is -5.52. The maximum atomic E-state index is 14.6. The van der Waals surface area contributed by atoms with E-state index in [1.54, 1.807) is 69.5 Å². The molecule has 0 radical (unpaired) electrons. The van der Waals surface area contributed by atoms with Crippen molar-refractivity contribution >= 4 is 66.3 Å². The van der Waals surface area contributed by atoms with Crippen molar-refractivity contribution < 1.29 is 45.6 Å². The maximum Gasteiger partial charge on any atom is 0.246 e. The van der Waals surface area contributed by atoms with Crippen molar-refractivity contribution in [1.82, 2.24) is 45.8 Å². The average Bonchev–Trinajstić information content (AvgIpc) is 3.94. The second-order valence-electron chi connectivity index (χ2n) is 21.5. The smallest absolute Gasteiger partial charge is 0.246 e. The number of fused-ring (bicyclic) bond motifs is 2. The fourth-order valence-corrected chi connectivity index (χ4v) is 12.1.